The van der Waals surface area contributed by atoms with Crippen molar-refractivity contribution in [2.24, 2.45) is 0 Å². The van der Waals surface area contributed by atoms with Gasteiger partial charge in [-0.2, -0.15) is 0 Å². The number of halogens is 1. The fourth-order valence-corrected chi connectivity index (χ4v) is 2.75. The summed E-state index contributed by atoms with van der Waals surface area (Å²) in [6.07, 6.45) is 0. The van der Waals surface area contributed by atoms with E-state index < -0.39 is 15.5 Å². The minimum atomic E-state index is -0.728. The van der Waals surface area contributed by atoms with Crippen LogP contribution in [-0.4, -0.2) is 15.0 Å². The SMILES string of the molecule is Cc1cc(C)c(NC(=S)NNc2ccc([N+](=O)[O-])cc2[N+](=O)[O-])c(Cl)c1. The average Bonchev–Trinajstić information content (AvgIpc) is 2.55. The third-order valence-corrected chi connectivity index (χ3v) is 3.87. The van der Waals surface area contributed by atoms with E-state index in [1.54, 1.807) is 6.07 Å². The normalized spacial score (nSPS) is 10.1. The Morgan fingerprint density at radius 1 is 1.12 bits per heavy atom. The van der Waals surface area contributed by atoms with E-state index in [0.717, 1.165) is 23.3 Å². The lowest BCUT2D eigenvalue weighted by molar-refractivity contribution is -0.393. The number of thiocarbonyl (C=S) groups is 1. The van der Waals surface area contributed by atoms with Crippen molar-refractivity contribution in [2.45, 2.75) is 13.8 Å². The van der Waals surface area contributed by atoms with Crippen molar-refractivity contribution in [3.05, 3.63) is 66.7 Å². The van der Waals surface area contributed by atoms with Gasteiger partial charge < -0.3 is 5.32 Å². The molecule has 0 heterocycles. The van der Waals surface area contributed by atoms with Crippen LogP contribution in [0.5, 0.6) is 0 Å². The Morgan fingerprint density at radius 3 is 2.38 bits per heavy atom. The summed E-state index contributed by atoms with van der Waals surface area (Å²) >= 11 is 11.3. The highest BCUT2D eigenvalue weighted by atomic mass is 35.5. The summed E-state index contributed by atoms with van der Waals surface area (Å²) in [6, 6.07) is 6.92. The second kappa shape index (κ2) is 7.93. The van der Waals surface area contributed by atoms with Crippen LogP contribution in [0.15, 0.2) is 30.3 Å². The summed E-state index contributed by atoms with van der Waals surface area (Å²) < 4.78 is 0. The van der Waals surface area contributed by atoms with E-state index in [1.807, 2.05) is 19.9 Å². The molecule has 2 aromatic carbocycles. The topological polar surface area (TPSA) is 122 Å². The Hall–Kier alpha value is -2.98. The monoisotopic (exact) mass is 395 g/mol. The quantitative estimate of drug-likeness (QED) is 0.393. The van der Waals surface area contributed by atoms with Crippen LogP contribution in [0.25, 0.3) is 0 Å². The van der Waals surface area contributed by atoms with Crippen molar-refractivity contribution < 1.29 is 9.85 Å². The molecule has 0 saturated carbocycles. The average molecular weight is 396 g/mol. The van der Waals surface area contributed by atoms with Gasteiger partial charge in [0.15, 0.2) is 5.11 Å². The molecule has 2 rings (SSSR count). The third-order valence-electron chi connectivity index (χ3n) is 3.37. The predicted molar refractivity (Wildman–Crippen MR) is 104 cm³/mol. The maximum Gasteiger partial charge on any atom is 0.300 e. The fraction of sp³-hybridized carbons (Fsp3) is 0.133. The molecular weight excluding hydrogens is 382 g/mol. The molecule has 26 heavy (non-hydrogen) atoms. The first kappa shape index (κ1) is 19.3. The number of anilines is 2. The lowest BCUT2D eigenvalue weighted by Gasteiger charge is -2.15. The van der Waals surface area contributed by atoms with Crippen LogP contribution in [-0.2, 0) is 0 Å². The maximum absolute atomic E-state index is 11.1. The first-order valence-electron chi connectivity index (χ1n) is 7.21. The van der Waals surface area contributed by atoms with Gasteiger partial charge in [-0.1, -0.05) is 17.7 Å². The van der Waals surface area contributed by atoms with E-state index >= 15 is 0 Å². The minimum Gasteiger partial charge on any atom is -0.330 e. The molecule has 0 spiro atoms. The molecule has 0 aliphatic rings. The Labute approximate surface area is 158 Å². The van der Waals surface area contributed by atoms with E-state index in [-0.39, 0.29) is 16.5 Å². The first-order valence-corrected chi connectivity index (χ1v) is 8.00. The second-order valence-electron chi connectivity index (χ2n) is 5.36. The maximum atomic E-state index is 11.1. The molecule has 0 aliphatic heterocycles. The first-order chi connectivity index (χ1) is 12.2. The van der Waals surface area contributed by atoms with E-state index in [9.17, 15) is 20.2 Å². The third kappa shape index (κ3) is 4.55. The lowest BCUT2D eigenvalue weighted by atomic mass is 10.1. The molecule has 0 bridgehead atoms. The van der Waals surface area contributed by atoms with E-state index in [4.69, 9.17) is 23.8 Å². The Morgan fingerprint density at radius 2 is 1.81 bits per heavy atom. The highest BCUT2D eigenvalue weighted by Gasteiger charge is 2.19. The molecular formula is C15H14ClN5O4S. The molecule has 0 fully saturated rings. The van der Waals surface area contributed by atoms with Crippen molar-refractivity contribution in [2.75, 3.05) is 10.7 Å². The number of nitrogens with zero attached hydrogens (tertiary/aromatic N) is 2. The van der Waals surface area contributed by atoms with Gasteiger partial charge in [-0.3, -0.25) is 31.1 Å². The van der Waals surface area contributed by atoms with Crippen molar-refractivity contribution in [3.63, 3.8) is 0 Å². The minimum absolute atomic E-state index is 0.0245. The van der Waals surface area contributed by atoms with E-state index in [0.29, 0.717) is 10.7 Å². The Kier molecular flexibility index (Phi) is 5.90. The van der Waals surface area contributed by atoms with Gasteiger partial charge in [0.2, 0.25) is 0 Å². The summed E-state index contributed by atoms with van der Waals surface area (Å²) in [5, 5.41) is 25.3. The molecule has 11 heteroatoms. The van der Waals surface area contributed by atoms with Gasteiger partial charge in [0.25, 0.3) is 5.69 Å². The number of hydrazine groups is 1. The van der Waals surface area contributed by atoms with Crippen molar-refractivity contribution in [3.8, 4) is 0 Å². The van der Waals surface area contributed by atoms with Crippen LogP contribution in [0, 0.1) is 34.1 Å². The summed E-state index contributed by atoms with van der Waals surface area (Å²) in [7, 11) is 0. The van der Waals surface area contributed by atoms with Gasteiger partial charge in [0.05, 0.1) is 26.6 Å². The zero-order valence-electron chi connectivity index (χ0n) is 13.7. The van der Waals surface area contributed by atoms with Crippen LogP contribution in [0.2, 0.25) is 5.02 Å². The second-order valence-corrected chi connectivity index (χ2v) is 6.17. The summed E-state index contributed by atoms with van der Waals surface area (Å²) in [6.45, 7) is 3.77. The molecule has 0 unspecified atom stereocenters. The largest absolute Gasteiger partial charge is 0.330 e. The predicted octanol–water partition coefficient (Wildman–Crippen LogP) is 4.09. The van der Waals surface area contributed by atoms with Gasteiger partial charge in [-0.05, 0) is 49.3 Å². The number of aryl methyl sites for hydroxylation is 2. The lowest BCUT2D eigenvalue weighted by Crippen LogP contribution is -2.33. The molecule has 3 N–H and O–H groups in total. The van der Waals surface area contributed by atoms with Gasteiger partial charge in [-0.25, -0.2) is 0 Å². The number of hydrogen-bond acceptors (Lipinski definition) is 6. The molecule has 0 amide bonds. The number of nitro benzene ring substituents is 2. The highest BCUT2D eigenvalue weighted by Crippen LogP contribution is 2.29. The standard InChI is InChI=1S/C15H14ClN5O4S/c1-8-5-9(2)14(11(16)6-8)17-15(26)19-18-12-4-3-10(20(22)23)7-13(12)21(24)25/h3-7,18H,1-2H3,(H2,17,19,26). The molecule has 0 saturated heterocycles. The zero-order chi connectivity index (χ0) is 19.4. The highest BCUT2D eigenvalue weighted by molar-refractivity contribution is 7.80. The molecule has 0 radical (unpaired) electrons. The van der Waals surface area contributed by atoms with Crippen molar-refractivity contribution in [1.29, 1.82) is 0 Å². The number of hydrogen-bond donors (Lipinski definition) is 3. The van der Waals surface area contributed by atoms with Crippen LogP contribution in [0.3, 0.4) is 0 Å². The number of nitro groups is 2. The summed E-state index contributed by atoms with van der Waals surface area (Å²) in [5.41, 5.74) is 6.83. The Bertz CT molecular complexity index is 883. The molecule has 0 atom stereocenters. The van der Waals surface area contributed by atoms with Gasteiger partial charge in [0.1, 0.15) is 5.69 Å². The van der Waals surface area contributed by atoms with Crippen molar-refractivity contribution >= 4 is 51.7 Å². The van der Waals surface area contributed by atoms with E-state index in [2.05, 4.69) is 16.2 Å². The molecule has 2 aromatic rings. The van der Waals surface area contributed by atoms with Crippen molar-refractivity contribution in [1.82, 2.24) is 5.43 Å². The van der Waals surface area contributed by atoms with Crippen LogP contribution >= 0.6 is 23.8 Å². The van der Waals surface area contributed by atoms with Crippen LogP contribution < -0.4 is 16.2 Å². The number of benzene rings is 2. The fourth-order valence-electron chi connectivity index (χ4n) is 2.23. The van der Waals surface area contributed by atoms with Crippen LogP contribution in [0.1, 0.15) is 11.1 Å². The van der Waals surface area contributed by atoms with Gasteiger partial charge in [-0.15, -0.1) is 0 Å². The number of nitrogens with one attached hydrogen (secondary N) is 3. The molecule has 136 valence electrons. The Balaban J connectivity index is 2.13. The molecule has 9 nitrogen and oxygen atoms in total. The summed E-state index contributed by atoms with van der Waals surface area (Å²) in [5.74, 6) is 0. The zero-order valence-corrected chi connectivity index (χ0v) is 15.3. The number of non-ortho nitro benzene ring substituents is 1. The summed E-state index contributed by atoms with van der Waals surface area (Å²) in [4.78, 5) is 20.4. The molecule has 0 aliphatic carbocycles. The van der Waals surface area contributed by atoms with Gasteiger partial charge >= 0.3 is 5.69 Å². The van der Waals surface area contributed by atoms with Crippen LogP contribution in [0.4, 0.5) is 22.7 Å². The smallest absolute Gasteiger partial charge is 0.300 e. The molecule has 0 aromatic heterocycles. The number of rotatable bonds is 5. The van der Waals surface area contributed by atoms with E-state index in [1.165, 1.54) is 6.07 Å². The van der Waals surface area contributed by atoms with Gasteiger partial charge in [0, 0.05) is 6.07 Å².